The first kappa shape index (κ1) is 18.7. The van der Waals surface area contributed by atoms with Crippen LogP contribution in [0.5, 0.6) is 0 Å². The molecule has 3 fully saturated rings. The Labute approximate surface area is 163 Å². The normalized spacial score (nSPS) is 35.9. The third-order valence-corrected chi connectivity index (χ3v) is 6.68. The van der Waals surface area contributed by atoms with Crippen LogP contribution in [0, 0.1) is 23.7 Å². The number of carboxylic acids is 1. The van der Waals surface area contributed by atoms with Gasteiger partial charge in [-0.05, 0) is 48.8 Å². The van der Waals surface area contributed by atoms with Crippen LogP contribution >= 0.6 is 11.6 Å². The number of hydrogen-bond donors (Lipinski definition) is 2. The summed E-state index contributed by atoms with van der Waals surface area (Å²) in [5.74, 6) is -1.55. The molecule has 1 amide bonds. The molecule has 6 nitrogen and oxygen atoms in total. The highest BCUT2D eigenvalue weighted by atomic mass is 35.5. The maximum absolute atomic E-state index is 12.9. The van der Waals surface area contributed by atoms with Gasteiger partial charge in [-0.2, -0.15) is 0 Å². The molecule has 27 heavy (non-hydrogen) atoms. The van der Waals surface area contributed by atoms with Crippen molar-refractivity contribution in [2.75, 3.05) is 26.3 Å². The number of aliphatic carboxylic acids is 1. The third-order valence-electron chi connectivity index (χ3n) is 6.44. The fraction of sp³-hybridized carbons (Fsp3) is 0.600. The molecule has 1 aliphatic carbocycles. The number of aliphatic hydroxyl groups is 1. The van der Waals surface area contributed by atoms with Crippen LogP contribution in [0.1, 0.15) is 24.8 Å². The molecular weight excluding hydrogens is 370 g/mol. The molecule has 0 radical (unpaired) electrons. The van der Waals surface area contributed by atoms with Crippen LogP contribution in [-0.4, -0.2) is 53.3 Å². The van der Waals surface area contributed by atoms with E-state index >= 15 is 0 Å². The van der Waals surface area contributed by atoms with Crippen molar-refractivity contribution in [3.05, 3.63) is 34.9 Å². The predicted molar refractivity (Wildman–Crippen MR) is 98.2 cm³/mol. The van der Waals surface area contributed by atoms with E-state index in [1.165, 1.54) is 0 Å². The van der Waals surface area contributed by atoms with Gasteiger partial charge < -0.3 is 19.8 Å². The van der Waals surface area contributed by atoms with Crippen molar-refractivity contribution in [2.24, 2.45) is 23.7 Å². The Morgan fingerprint density at radius 1 is 1.26 bits per heavy atom. The number of carboxylic acid groups (broad SMARTS) is 1. The summed E-state index contributed by atoms with van der Waals surface area (Å²) in [6, 6.07) is 7.09. The average molecular weight is 394 g/mol. The number of amides is 1. The van der Waals surface area contributed by atoms with Gasteiger partial charge in [0.1, 0.15) is 0 Å². The standard InChI is InChI=1S/C20H24ClNO5/c21-15-3-1-2-14(6-15)20(26)7-13(8-20)18(23)22-9-16(12-4-5-27-11-12)17(10-22)19(24)25/h1-3,6,12-13,16-17,26H,4-5,7-11H2,(H,24,25)/t12?,13?,16-,17+,20?/m0/s1. The van der Waals surface area contributed by atoms with Crippen LogP contribution in [0.25, 0.3) is 0 Å². The molecule has 2 aliphatic heterocycles. The van der Waals surface area contributed by atoms with Gasteiger partial charge in [0.15, 0.2) is 0 Å². The Morgan fingerprint density at radius 2 is 2.04 bits per heavy atom. The second-order valence-corrected chi connectivity index (χ2v) is 8.56. The number of nitrogens with zero attached hydrogens (tertiary/aromatic N) is 1. The summed E-state index contributed by atoms with van der Waals surface area (Å²) in [5.41, 5.74) is -0.305. The molecule has 2 heterocycles. The van der Waals surface area contributed by atoms with E-state index in [0.717, 1.165) is 12.0 Å². The van der Waals surface area contributed by atoms with Gasteiger partial charge in [-0.15, -0.1) is 0 Å². The van der Waals surface area contributed by atoms with E-state index in [1.54, 1.807) is 23.1 Å². The van der Waals surface area contributed by atoms with E-state index in [0.29, 0.717) is 37.6 Å². The van der Waals surface area contributed by atoms with Crippen LogP contribution < -0.4 is 0 Å². The number of hydrogen-bond acceptors (Lipinski definition) is 4. The Kier molecular flexibility index (Phi) is 4.91. The van der Waals surface area contributed by atoms with Gasteiger partial charge in [0.05, 0.1) is 11.5 Å². The van der Waals surface area contributed by atoms with Gasteiger partial charge in [-0.1, -0.05) is 23.7 Å². The summed E-state index contributed by atoms with van der Waals surface area (Å²) >= 11 is 6.01. The third kappa shape index (κ3) is 3.46. The summed E-state index contributed by atoms with van der Waals surface area (Å²) in [6.45, 7) is 1.96. The Hall–Kier alpha value is -1.63. The molecule has 146 valence electrons. The van der Waals surface area contributed by atoms with E-state index in [1.807, 2.05) is 6.07 Å². The molecule has 7 heteroatoms. The summed E-state index contributed by atoms with van der Waals surface area (Å²) in [7, 11) is 0. The van der Waals surface area contributed by atoms with Crippen LogP contribution in [0.4, 0.5) is 0 Å². The highest BCUT2D eigenvalue weighted by Crippen LogP contribution is 2.47. The predicted octanol–water partition coefficient (Wildman–Crippen LogP) is 2.13. The number of benzene rings is 1. The van der Waals surface area contributed by atoms with E-state index in [-0.39, 0.29) is 30.2 Å². The molecule has 1 unspecified atom stereocenters. The van der Waals surface area contributed by atoms with E-state index in [9.17, 15) is 19.8 Å². The largest absolute Gasteiger partial charge is 0.481 e. The monoisotopic (exact) mass is 393 g/mol. The van der Waals surface area contributed by atoms with Gasteiger partial charge in [0.2, 0.25) is 5.91 Å². The fourth-order valence-electron chi connectivity index (χ4n) is 4.84. The quantitative estimate of drug-likeness (QED) is 0.818. The number of likely N-dealkylation sites (tertiary alicyclic amines) is 1. The Morgan fingerprint density at radius 3 is 2.67 bits per heavy atom. The lowest BCUT2D eigenvalue weighted by atomic mass is 9.67. The van der Waals surface area contributed by atoms with Crippen molar-refractivity contribution in [3.63, 3.8) is 0 Å². The first-order valence-electron chi connectivity index (χ1n) is 9.45. The lowest BCUT2D eigenvalue weighted by Gasteiger charge is -2.44. The van der Waals surface area contributed by atoms with Crippen molar-refractivity contribution < 1.29 is 24.5 Å². The van der Waals surface area contributed by atoms with Crippen molar-refractivity contribution in [3.8, 4) is 0 Å². The van der Waals surface area contributed by atoms with Gasteiger partial charge in [0.25, 0.3) is 0 Å². The van der Waals surface area contributed by atoms with E-state index in [2.05, 4.69) is 0 Å². The summed E-state index contributed by atoms with van der Waals surface area (Å²) in [6.07, 6.45) is 1.55. The summed E-state index contributed by atoms with van der Waals surface area (Å²) < 4.78 is 5.42. The summed E-state index contributed by atoms with van der Waals surface area (Å²) in [5, 5.41) is 20.9. The number of carbonyl (C=O) groups is 2. The molecule has 4 rings (SSSR count). The molecule has 1 aromatic carbocycles. The SMILES string of the molecule is O=C(O)[C@@H]1CN(C(=O)C2CC(O)(c3cccc(Cl)c3)C2)C[C@H]1C1CCOC1. The fourth-order valence-corrected chi connectivity index (χ4v) is 5.03. The minimum Gasteiger partial charge on any atom is -0.481 e. The highest BCUT2D eigenvalue weighted by molar-refractivity contribution is 6.30. The number of carbonyl (C=O) groups excluding carboxylic acids is 1. The van der Waals surface area contributed by atoms with Gasteiger partial charge in [-0.3, -0.25) is 9.59 Å². The van der Waals surface area contributed by atoms with E-state index < -0.39 is 17.5 Å². The molecular formula is C20H24ClNO5. The summed E-state index contributed by atoms with van der Waals surface area (Å²) in [4.78, 5) is 26.3. The molecule has 0 bridgehead atoms. The number of ether oxygens (including phenoxy) is 1. The number of rotatable bonds is 4. The second-order valence-electron chi connectivity index (χ2n) is 8.12. The van der Waals surface area contributed by atoms with Gasteiger partial charge in [0, 0.05) is 37.2 Å². The maximum Gasteiger partial charge on any atom is 0.308 e. The van der Waals surface area contributed by atoms with Crippen molar-refractivity contribution >= 4 is 23.5 Å². The molecule has 1 aromatic rings. The lowest BCUT2D eigenvalue weighted by molar-refractivity contribution is -0.152. The zero-order valence-corrected chi connectivity index (χ0v) is 15.8. The second kappa shape index (κ2) is 7.08. The number of halogens is 1. The Balaban J connectivity index is 1.41. The molecule has 0 aromatic heterocycles. The average Bonchev–Trinajstić information content (AvgIpc) is 3.27. The topological polar surface area (TPSA) is 87.1 Å². The smallest absolute Gasteiger partial charge is 0.308 e. The minimum absolute atomic E-state index is 0.0469. The minimum atomic E-state index is -1.03. The Bertz CT molecular complexity index is 742. The molecule has 2 N–H and O–H groups in total. The van der Waals surface area contributed by atoms with Crippen molar-refractivity contribution in [2.45, 2.75) is 24.9 Å². The van der Waals surface area contributed by atoms with Crippen molar-refractivity contribution in [1.82, 2.24) is 4.90 Å². The van der Waals surface area contributed by atoms with Crippen LogP contribution in [0.2, 0.25) is 5.02 Å². The maximum atomic E-state index is 12.9. The molecule has 3 atom stereocenters. The van der Waals surface area contributed by atoms with Crippen LogP contribution in [0.3, 0.4) is 0 Å². The van der Waals surface area contributed by atoms with Crippen molar-refractivity contribution in [1.29, 1.82) is 0 Å². The van der Waals surface area contributed by atoms with Gasteiger partial charge >= 0.3 is 5.97 Å². The highest BCUT2D eigenvalue weighted by Gasteiger charge is 2.51. The van der Waals surface area contributed by atoms with E-state index in [4.69, 9.17) is 16.3 Å². The molecule has 0 spiro atoms. The molecule has 2 saturated heterocycles. The molecule has 3 aliphatic rings. The molecule has 1 saturated carbocycles. The zero-order valence-electron chi connectivity index (χ0n) is 15.0. The van der Waals surface area contributed by atoms with Crippen LogP contribution in [0.15, 0.2) is 24.3 Å². The van der Waals surface area contributed by atoms with Gasteiger partial charge in [-0.25, -0.2) is 0 Å². The van der Waals surface area contributed by atoms with Crippen LogP contribution in [-0.2, 0) is 19.9 Å². The zero-order chi connectivity index (χ0) is 19.2. The first-order chi connectivity index (χ1) is 12.9. The lowest BCUT2D eigenvalue weighted by Crippen LogP contribution is -2.49. The first-order valence-corrected chi connectivity index (χ1v) is 9.83.